The highest BCUT2D eigenvalue weighted by Gasteiger charge is 2.42. The Kier molecular flexibility index (Phi) is 5.78. The molecule has 0 amide bonds. The lowest BCUT2D eigenvalue weighted by Crippen LogP contribution is -2.39. The number of hydrogen-bond donors (Lipinski definition) is 0. The predicted molar refractivity (Wildman–Crippen MR) is 85.3 cm³/mol. The molecule has 0 nitrogen and oxygen atoms in total. The molecule has 2 rings (SSSR count). The van der Waals surface area contributed by atoms with Crippen LogP contribution in [0.1, 0.15) is 97.8 Å². The quantitative estimate of drug-likeness (QED) is 0.525. The van der Waals surface area contributed by atoms with Crippen LogP contribution in [0.3, 0.4) is 0 Å². The molecule has 0 radical (unpaired) electrons. The van der Waals surface area contributed by atoms with Crippen molar-refractivity contribution < 1.29 is 0 Å². The molecular formula is C19H36. The summed E-state index contributed by atoms with van der Waals surface area (Å²) in [6, 6.07) is 0. The van der Waals surface area contributed by atoms with E-state index >= 15 is 0 Å². The van der Waals surface area contributed by atoms with Crippen LogP contribution in [0, 0.1) is 23.2 Å². The second-order valence-corrected chi connectivity index (χ2v) is 7.81. The predicted octanol–water partition coefficient (Wildman–Crippen LogP) is 6.59. The highest BCUT2D eigenvalue weighted by atomic mass is 14.5. The maximum atomic E-state index is 2.51. The number of rotatable bonds is 5. The molecule has 0 atom stereocenters. The third kappa shape index (κ3) is 3.56. The summed E-state index contributed by atoms with van der Waals surface area (Å²) in [6.07, 6.45) is 18.1. The Hall–Kier alpha value is 0. The average molecular weight is 264 g/mol. The Morgan fingerprint density at radius 3 is 2.11 bits per heavy atom. The van der Waals surface area contributed by atoms with Gasteiger partial charge in [-0.1, -0.05) is 72.1 Å². The summed E-state index contributed by atoms with van der Waals surface area (Å²) in [5.41, 5.74) is 0.730. The van der Waals surface area contributed by atoms with Gasteiger partial charge >= 0.3 is 0 Å². The van der Waals surface area contributed by atoms with Crippen LogP contribution in [0.5, 0.6) is 0 Å². The van der Waals surface area contributed by atoms with Gasteiger partial charge in [-0.05, 0) is 48.9 Å². The van der Waals surface area contributed by atoms with Gasteiger partial charge in [0.2, 0.25) is 0 Å². The van der Waals surface area contributed by atoms with Crippen molar-refractivity contribution in [2.45, 2.75) is 97.8 Å². The molecule has 0 aliphatic heterocycles. The maximum absolute atomic E-state index is 2.51. The summed E-state index contributed by atoms with van der Waals surface area (Å²) >= 11 is 0. The van der Waals surface area contributed by atoms with Crippen LogP contribution in [0.4, 0.5) is 0 Å². The molecule has 0 bridgehead atoms. The first-order valence-corrected chi connectivity index (χ1v) is 9.19. The van der Waals surface area contributed by atoms with Gasteiger partial charge < -0.3 is 0 Å². The van der Waals surface area contributed by atoms with Crippen molar-refractivity contribution in [3.63, 3.8) is 0 Å². The van der Waals surface area contributed by atoms with Gasteiger partial charge in [0, 0.05) is 0 Å². The second-order valence-electron chi connectivity index (χ2n) is 7.81. The van der Waals surface area contributed by atoms with Crippen molar-refractivity contribution in [2.24, 2.45) is 23.2 Å². The van der Waals surface area contributed by atoms with E-state index in [4.69, 9.17) is 0 Å². The Morgan fingerprint density at radius 2 is 1.58 bits per heavy atom. The van der Waals surface area contributed by atoms with Gasteiger partial charge in [0.05, 0.1) is 0 Å². The highest BCUT2D eigenvalue weighted by molar-refractivity contribution is 4.93. The summed E-state index contributed by atoms with van der Waals surface area (Å²) < 4.78 is 0. The smallest absolute Gasteiger partial charge is 0.0246 e. The van der Waals surface area contributed by atoms with E-state index in [9.17, 15) is 0 Å². The molecule has 2 saturated carbocycles. The van der Waals surface area contributed by atoms with Crippen LogP contribution in [-0.4, -0.2) is 0 Å². The molecule has 2 fully saturated rings. The van der Waals surface area contributed by atoms with E-state index < -0.39 is 0 Å². The van der Waals surface area contributed by atoms with Crippen LogP contribution in [-0.2, 0) is 0 Å². The number of unbranched alkanes of at least 4 members (excludes halogenated alkanes) is 1. The van der Waals surface area contributed by atoms with E-state index in [1.807, 2.05) is 0 Å². The van der Waals surface area contributed by atoms with Gasteiger partial charge in [0.15, 0.2) is 0 Å². The van der Waals surface area contributed by atoms with Crippen molar-refractivity contribution in [1.29, 1.82) is 0 Å². The molecule has 2 aliphatic carbocycles. The van der Waals surface area contributed by atoms with Gasteiger partial charge in [-0.3, -0.25) is 0 Å². The first-order valence-electron chi connectivity index (χ1n) is 9.19. The minimum absolute atomic E-state index is 0.730. The fourth-order valence-electron chi connectivity index (χ4n) is 5.19. The molecule has 0 heteroatoms. The zero-order valence-corrected chi connectivity index (χ0v) is 13.7. The van der Waals surface area contributed by atoms with E-state index in [0.717, 1.165) is 23.2 Å². The topological polar surface area (TPSA) is 0 Å². The average Bonchev–Trinajstić information content (AvgIpc) is 2.46. The summed E-state index contributed by atoms with van der Waals surface area (Å²) in [5, 5.41) is 0. The van der Waals surface area contributed by atoms with E-state index in [1.165, 1.54) is 51.4 Å². The molecule has 0 spiro atoms. The molecule has 112 valence electrons. The van der Waals surface area contributed by atoms with Crippen LogP contribution in [0.15, 0.2) is 0 Å². The van der Waals surface area contributed by atoms with E-state index in [2.05, 4.69) is 20.8 Å². The monoisotopic (exact) mass is 264 g/mol. The number of hydrogen-bond acceptors (Lipinski definition) is 0. The van der Waals surface area contributed by atoms with Crippen LogP contribution in [0.2, 0.25) is 0 Å². The summed E-state index contributed by atoms with van der Waals surface area (Å²) in [7, 11) is 0. The van der Waals surface area contributed by atoms with Gasteiger partial charge in [-0.2, -0.15) is 0 Å². The summed E-state index contributed by atoms with van der Waals surface area (Å²) in [5.74, 6) is 3.04. The first kappa shape index (κ1) is 15.4. The van der Waals surface area contributed by atoms with Gasteiger partial charge in [0.1, 0.15) is 0 Å². The Bertz CT molecular complexity index is 239. The molecule has 0 aromatic rings. The Labute approximate surface area is 121 Å². The third-order valence-corrected chi connectivity index (χ3v) is 6.56. The molecule has 0 aromatic heterocycles. The van der Waals surface area contributed by atoms with Crippen LogP contribution in [0.25, 0.3) is 0 Å². The Morgan fingerprint density at radius 1 is 0.947 bits per heavy atom. The second kappa shape index (κ2) is 7.14. The van der Waals surface area contributed by atoms with E-state index in [1.54, 1.807) is 25.7 Å². The van der Waals surface area contributed by atoms with Gasteiger partial charge in [0.25, 0.3) is 0 Å². The van der Waals surface area contributed by atoms with Crippen molar-refractivity contribution in [2.75, 3.05) is 0 Å². The summed E-state index contributed by atoms with van der Waals surface area (Å²) in [6.45, 7) is 7.35. The standard InChI is InChI=1S/C19H36/c1-4-5-9-17-10-12-18(13-11-17)19(16(2)3)14-7-6-8-15-19/h16-18H,4-15H2,1-3H3. The molecule has 19 heavy (non-hydrogen) atoms. The third-order valence-electron chi connectivity index (χ3n) is 6.56. The largest absolute Gasteiger partial charge is 0.0654 e. The van der Waals surface area contributed by atoms with Gasteiger partial charge in [-0.15, -0.1) is 0 Å². The molecule has 0 N–H and O–H groups in total. The van der Waals surface area contributed by atoms with Crippen molar-refractivity contribution >= 4 is 0 Å². The fourth-order valence-corrected chi connectivity index (χ4v) is 5.19. The first-order chi connectivity index (χ1) is 9.19. The lowest BCUT2D eigenvalue weighted by molar-refractivity contribution is 0.00964. The van der Waals surface area contributed by atoms with Crippen LogP contribution >= 0.6 is 0 Å². The van der Waals surface area contributed by atoms with Crippen LogP contribution < -0.4 is 0 Å². The molecular weight excluding hydrogens is 228 g/mol. The van der Waals surface area contributed by atoms with Crippen molar-refractivity contribution in [3.05, 3.63) is 0 Å². The zero-order valence-electron chi connectivity index (χ0n) is 13.7. The maximum Gasteiger partial charge on any atom is -0.0246 e. The lowest BCUT2D eigenvalue weighted by Gasteiger charge is -2.49. The minimum Gasteiger partial charge on any atom is -0.0654 e. The molecule has 2 aliphatic rings. The Balaban J connectivity index is 1.90. The zero-order chi connectivity index (χ0) is 13.7. The van der Waals surface area contributed by atoms with E-state index in [-0.39, 0.29) is 0 Å². The normalized spacial score (nSPS) is 31.6. The van der Waals surface area contributed by atoms with Gasteiger partial charge in [-0.25, -0.2) is 0 Å². The summed E-state index contributed by atoms with van der Waals surface area (Å²) in [4.78, 5) is 0. The fraction of sp³-hybridized carbons (Fsp3) is 1.00. The lowest BCUT2D eigenvalue weighted by atomic mass is 9.56. The molecule has 0 aromatic carbocycles. The SMILES string of the molecule is CCCCC1CCC(C2(C(C)C)CCCCC2)CC1. The molecule has 0 heterocycles. The van der Waals surface area contributed by atoms with Crippen molar-refractivity contribution in [1.82, 2.24) is 0 Å². The highest BCUT2D eigenvalue weighted by Crippen LogP contribution is 2.53. The molecule has 0 unspecified atom stereocenters. The van der Waals surface area contributed by atoms with Crippen molar-refractivity contribution in [3.8, 4) is 0 Å². The van der Waals surface area contributed by atoms with E-state index in [0.29, 0.717) is 0 Å². The minimum atomic E-state index is 0.730. The molecule has 0 saturated heterocycles.